The Hall–Kier alpha value is -3.43. The van der Waals surface area contributed by atoms with E-state index in [1.807, 2.05) is 4.90 Å². The van der Waals surface area contributed by atoms with Crippen molar-refractivity contribution in [2.45, 2.75) is 61.6 Å². The summed E-state index contributed by atoms with van der Waals surface area (Å²) in [5.41, 5.74) is 7.90. The molecule has 4 aromatic heterocycles. The molecule has 1 unspecified atom stereocenters. The van der Waals surface area contributed by atoms with Gasteiger partial charge in [0.05, 0.1) is 22.3 Å². The Kier molecular flexibility index (Phi) is 5.54. The van der Waals surface area contributed by atoms with Gasteiger partial charge in [-0.25, -0.2) is 18.4 Å². The van der Waals surface area contributed by atoms with Crippen LogP contribution in [0.4, 0.5) is 5.82 Å². The summed E-state index contributed by atoms with van der Waals surface area (Å²) in [6.45, 7) is 1.64. The first-order valence-corrected chi connectivity index (χ1v) is 14.5. The zero-order valence-electron chi connectivity index (χ0n) is 20.1. The fourth-order valence-corrected chi connectivity index (χ4v) is 7.54. The molecule has 2 aliphatic heterocycles. The van der Waals surface area contributed by atoms with Gasteiger partial charge < -0.3 is 20.7 Å². The van der Waals surface area contributed by atoms with E-state index in [0.29, 0.717) is 34.8 Å². The lowest BCUT2D eigenvalue weighted by molar-refractivity contribution is 0.0556. The van der Waals surface area contributed by atoms with E-state index in [4.69, 9.17) is 10.7 Å². The third-order valence-electron chi connectivity index (χ3n) is 7.15. The lowest BCUT2D eigenvalue weighted by Crippen LogP contribution is -2.46. The molecule has 4 atom stereocenters. The average Bonchev–Trinajstić information content (AvgIpc) is 3.63. The molecule has 2 fully saturated rings. The number of aliphatic hydroxyl groups excluding tert-OH is 1. The molecule has 4 aromatic rings. The summed E-state index contributed by atoms with van der Waals surface area (Å²) < 4.78 is 27.2. The van der Waals surface area contributed by atoms with Crippen molar-refractivity contribution in [1.29, 1.82) is 0 Å². The zero-order valence-corrected chi connectivity index (χ0v) is 21.7. The molecule has 1 amide bonds. The number of rotatable bonds is 5. The van der Waals surface area contributed by atoms with Gasteiger partial charge in [0.15, 0.2) is 15.5 Å². The molecular weight excluding hydrogens is 518 g/mol. The fourth-order valence-electron chi connectivity index (χ4n) is 5.62. The number of nitrogen functional groups attached to an aromatic ring is 1. The van der Waals surface area contributed by atoms with E-state index in [2.05, 4.69) is 25.3 Å². The van der Waals surface area contributed by atoms with Gasteiger partial charge in [-0.05, 0) is 32.6 Å². The first-order valence-electron chi connectivity index (χ1n) is 11.8. The number of anilines is 1. The predicted octanol–water partition coefficient (Wildman–Crippen LogP) is 1.56. The number of carbonyl (C=O) groups is 1. The van der Waals surface area contributed by atoms with Crippen molar-refractivity contribution < 1.29 is 18.3 Å². The van der Waals surface area contributed by atoms with Crippen molar-refractivity contribution >= 4 is 38.5 Å². The number of H-pyrrole nitrogens is 1. The molecule has 0 aliphatic carbocycles. The van der Waals surface area contributed by atoms with Crippen LogP contribution in [0.3, 0.4) is 0 Å². The van der Waals surface area contributed by atoms with Crippen LogP contribution in [-0.4, -0.2) is 77.4 Å². The number of sulfone groups is 1. The summed E-state index contributed by atoms with van der Waals surface area (Å²) in [7, 11) is -3.74. The molecule has 2 bridgehead atoms. The molecule has 2 saturated heterocycles. The van der Waals surface area contributed by atoms with E-state index >= 15 is 0 Å². The van der Waals surface area contributed by atoms with Crippen LogP contribution in [0, 0.1) is 0 Å². The van der Waals surface area contributed by atoms with Gasteiger partial charge in [-0.2, -0.15) is 9.61 Å². The minimum atomic E-state index is -3.74. The third-order valence-corrected chi connectivity index (χ3v) is 9.52. The molecule has 0 aromatic carbocycles. The van der Waals surface area contributed by atoms with E-state index in [0.717, 1.165) is 24.0 Å². The SMILES string of the molecule is CC(O)c1ncc(-c2cnn3c(N)c(S(C)(=O)=O)c([C@H]4C[C@H]5CC[C@@H](C4)N5C(=O)c4nnc[nH]4)nc23)s1. The van der Waals surface area contributed by atoms with Gasteiger partial charge in [-0.15, -0.1) is 21.5 Å². The first kappa shape index (κ1) is 23.9. The van der Waals surface area contributed by atoms with Gasteiger partial charge in [0.25, 0.3) is 5.91 Å². The van der Waals surface area contributed by atoms with Crippen LogP contribution in [0.1, 0.15) is 65.9 Å². The molecule has 15 heteroatoms. The second-order valence-electron chi connectivity index (χ2n) is 9.62. The summed E-state index contributed by atoms with van der Waals surface area (Å²) in [6.07, 6.45) is 7.73. The van der Waals surface area contributed by atoms with Crippen LogP contribution >= 0.6 is 11.3 Å². The van der Waals surface area contributed by atoms with E-state index in [9.17, 15) is 18.3 Å². The molecule has 194 valence electrons. The van der Waals surface area contributed by atoms with Crippen LogP contribution in [0.15, 0.2) is 23.6 Å². The molecule has 6 heterocycles. The van der Waals surface area contributed by atoms with Crippen LogP contribution in [-0.2, 0) is 9.84 Å². The molecule has 37 heavy (non-hydrogen) atoms. The number of fused-ring (bicyclic) bond motifs is 3. The van der Waals surface area contributed by atoms with E-state index in [-0.39, 0.29) is 40.4 Å². The minimum absolute atomic E-state index is 0.00141. The van der Waals surface area contributed by atoms with Crippen molar-refractivity contribution in [2.24, 2.45) is 0 Å². The molecule has 0 spiro atoms. The Labute approximate surface area is 215 Å². The number of aromatic nitrogens is 7. The Balaban J connectivity index is 1.44. The number of piperidine rings is 1. The van der Waals surface area contributed by atoms with Crippen molar-refractivity contribution in [3.05, 3.63) is 35.2 Å². The second-order valence-corrected chi connectivity index (χ2v) is 12.6. The fraction of sp³-hybridized carbons (Fsp3) is 0.455. The second kappa shape index (κ2) is 8.56. The van der Waals surface area contributed by atoms with Crippen molar-refractivity contribution in [3.8, 4) is 10.4 Å². The molecule has 4 N–H and O–H groups in total. The summed E-state index contributed by atoms with van der Waals surface area (Å²) in [5, 5.41) is 22.4. The molecule has 2 aliphatic rings. The topological polar surface area (TPSA) is 185 Å². The quantitative estimate of drug-likeness (QED) is 0.333. The van der Waals surface area contributed by atoms with Crippen molar-refractivity contribution in [2.75, 3.05) is 12.0 Å². The molecular formula is C22H25N9O4S2. The molecule has 6 rings (SSSR count). The minimum Gasteiger partial charge on any atom is -0.386 e. The Morgan fingerprint density at radius 3 is 2.59 bits per heavy atom. The lowest BCUT2D eigenvalue weighted by atomic mass is 9.87. The maximum atomic E-state index is 13.1. The molecule has 0 radical (unpaired) electrons. The van der Waals surface area contributed by atoms with Crippen LogP contribution in [0.2, 0.25) is 0 Å². The smallest absolute Gasteiger partial charge is 0.292 e. The maximum Gasteiger partial charge on any atom is 0.292 e. The summed E-state index contributed by atoms with van der Waals surface area (Å²) >= 11 is 1.31. The normalized spacial score (nSPS) is 22.6. The number of aromatic amines is 1. The number of carbonyl (C=O) groups excluding carboxylic acids is 1. The van der Waals surface area contributed by atoms with Gasteiger partial charge in [0.2, 0.25) is 5.82 Å². The number of nitrogens with two attached hydrogens (primary N) is 1. The van der Waals surface area contributed by atoms with Crippen LogP contribution in [0.5, 0.6) is 0 Å². The highest BCUT2D eigenvalue weighted by molar-refractivity contribution is 7.91. The van der Waals surface area contributed by atoms with Crippen LogP contribution in [0.25, 0.3) is 16.1 Å². The lowest BCUT2D eigenvalue weighted by Gasteiger charge is -2.38. The summed E-state index contributed by atoms with van der Waals surface area (Å²) in [6, 6.07) is -0.153. The number of hydrogen-bond acceptors (Lipinski definition) is 11. The predicted molar refractivity (Wildman–Crippen MR) is 134 cm³/mol. The number of amides is 1. The Morgan fingerprint density at radius 1 is 1.27 bits per heavy atom. The standard InChI is InChI=1S/C22H25N9O4S2/c1-10(32)21-24-8-15(36-21)14-7-27-31-18(23)17(37(2,34)35)16(28-20(14)31)11-5-12-3-4-13(6-11)30(12)22(33)19-25-9-26-29-19/h7-13,32H,3-6,23H2,1-2H3,(H,25,26,29)/t10?,11-,12+,13-. The third kappa shape index (κ3) is 3.88. The zero-order chi connectivity index (χ0) is 26.1. The molecule has 0 saturated carbocycles. The highest BCUT2D eigenvalue weighted by Gasteiger charge is 2.46. The first-order chi connectivity index (χ1) is 17.6. The van der Waals surface area contributed by atoms with E-state index in [1.165, 1.54) is 22.2 Å². The van der Waals surface area contributed by atoms with E-state index in [1.54, 1.807) is 19.3 Å². The monoisotopic (exact) mass is 543 g/mol. The van der Waals surface area contributed by atoms with E-state index < -0.39 is 15.9 Å². The van der Waals surface area contributed by atoms with Gasteiger partial charge in [-0.3, -0.25) is 4.79 Å². The van der Waals surface area contributed by atoms with Gasteiger partial charge in [-0.1, -0.05) is 0 Å². The van der Waals surface area contributed by atoms with Crippen molar-refractivity contribution in [3.63, 3.8) is 0 Å². The Morgan fingerprint density at radius 2 is 2.00 bits per heavy atom. The number of aliphatic hydroxyl groups is 1. The summed E-state index contributed by atoms with van der Waals surface area (Å²) in [4.78, 5) is 27.5. The largest absolute Gasteiger partial charge is 0.386 e. The molecule has 13 nitrogen and oxygen atoms in total. The average molecular weight is 544 g/mol. The van der Waals surface area contributed by atoms with Crippen molar-refractivity contribution in [1.82, 2.24) is 39.7 Å². The Bertz CT molecular complexity index is 1600. The highest BCUT2D eigenvalue weighted by atomic mass is 32.2. The van der Waals surface area contributed by atoms with Crippen LogP contribution < -0.4 is 5.73 Å². The summed E-state index contributed by atoms with van der Waals surface area (Å²) in [5.74, 6) is -0.222. The maximum absolute atomic E-state index is 13.1. The highest BCUT2D eigenvalue weighted by Crippen LogP contribution is 2.46. The van der Waals surface area contributed by atoms with Gasteiger partial charge in [0, 0.05) is 30.5 Å². The van der Waals surface area contributed by atoms with Gasteiger partial charge in [0.1, 0.15) is 28.2 Å². The van der Waals surface area contributed by atoms with Gasteiger partial charge >= 0.3 is 0 Å². The number of nitrogens with zero attached hydrogens (tertiary/aromatic N) is 7. The number of hydrogen-bond donors (Lipinski definition) is 3. The number of thiazole rings is 1. The number of nitrogens with one attached hydrogen (secondary N) is 1.